The lowest BCUT2D eigenvalue weighted by molar-refractivity contribution is -0.128. The summed E-state index contributed by atoms with van der Waals surface area (Å²) in [5.74, 6) is 2.20. The summed E-state index contributed by atoms with van der Waals surface area (Å²) in [6, 6.07) is 10.2. The molecule has 160 valence electrons. The third-order valence-corrected chi connectivity index (χ3v) is 4.75. The standard InChI is InChI=1S/C20H31N7O.HI/c1-14(16-10-8-7-9-11-16)24-19(23-13-20(3,4)18(28)21-5)22-12-17-26-25-15(2)27(17)6;/h7-11,14H,12-13H2,1-6H3,(H,21,28)(H2,22,23,24);1H. The van der Waals surface area contributed by atoms with E-state index in [1.54, 1.807) is 7.05 Å². The van der Waals surface area contributed by atoms with Gasteiger partial charge in [0.05, 0.1) is 11.5 Å². The Labute approximate surface area is 190 Å². The molecule has 1 heterocycles. The molecule has 0 aliphatic heterocycles. The number of benzene rings is 1. The lowest BCUT2D eigenvalue weighted by Gasteiger charge is -2.25. The smallest absolute Gasteiger partial charge is 0.227 e. The first-order valence-corrected chi connectivity index (χ1v) is 9.41. The van der Waals surface area contributed by atoms with Crippen molar-refractivity contribution in [2.75, 3.05) is 13.6 Å². The maximum atomic E-state index is 12.1. The fourth-order valence-corrected chi connectivity index (χ4v) is 2.64. The van der Waals surface area contributed by atoms with Gasteiger partial charge in [0.15, 0.2) is 11.8 Å². The van der Waals surface area contributed by atoms with Crippen LogP contribution in [-0.2, 0) is 18.4 Å². The van der Waals surface area contributed by atoms with Crippen LogP contribution >= 0.6 is 24.0 Å². The first-order valence-electron chi connectivity index (χ1n) is 9.41. The van der Waals surface area contributed by atoms with Gasteiger partial charge in [-0.2, -0.15) is 0 Å². The highest BCUT2D eigenvalue weighted by atomic mass is 127. The number of hydrogen-bond donors (Lipinski definition) is 3. The van der Waals surface area contributed by atoms with Crippen molar-refractivity contribution in [2.24, 2.45) is 17.5 Å². The quantitative estimate of drug-likeness (QED) is 0.300. The molecule has 1 amide bonds. The van der Waals surface area contributed by atoms with Crippen molar-refractivity contribution < 1.29 is 4.79 Å². The maximum Gasteiger partial charge on any atom is 0.227 e. The van der Waals surface area contributed by atoms with E-state index < -0.39 is 5.41 Å². The number of carbonyl (C=O) groups excluding carboxylic acids is 1. The lowest BCUT2D eigenvalue weighted by atomic mass is 9.92. The topological polar surface area (TPSA) is 96.2 Å². The Morgan fingerprint density at radius 2 is 1.90 bits per heavy atom. The van der Waals surface area contributed by atoms with Gasteiger partial charge in [0.1, 0.15) is 12.4 Å². The summed E-state index contributed by atoms with van der Waals surface area (Å²) in [6.07, 6.45) is 0. The molecule has 1 unspecified atom stereocenters. The number of nitrogens with one attached hydrogen (secondary N) is 3. The van der Waals surface area contributed by atoms with Crippen molar-refractivity contribution in [3.05, 3.63) is 47.5 Å². The summed E-state index contributed by atoms with van der Waals surface area (Å²) >= 11 is 0. The molecular formula is C20H32IN7O. The van der Waals surface area contributed by atoms with E-state index in [0.29, 0.717) is 19.0 Å². The summed E-state index contributed by atoms with van der Waals surface area (Å²) in [5.41, 5.74) is 0.575. The minimum atomic E-state index is -0.575. The fraction of sp³-hybridized carbons (Fsp3) is 0.500. The molecule has 1 aromatic heterocycles. The van der Waals surface area contributed by atoms with E-state index in [0.717, 1.165) is 17.2 Å². The molecule has 0 saturated heterocycles. The number of carbonyl (C=O) groups is 1. The molecule has 1 aromatic carbocycles. The predicted molar refractivity (Wildman–Crippen MR) is 126 cm³/mol. The van der Waals surface area contributed by atoms with E-state index in [4.69, 9.17) is 0 Å². The lowest BCUT2D eigenvalue weighted by Crippen LogP contribution is -2.47. The number of hydrogen-bond acceptors (Lipinski definition) is 4. The molecule has 1 atom stereocenters. The SMILES string of the molecule is CNC(=O)C(C)(C)CNC(=NCc1nnc(C)n1C)NC(C)c1ccccc1.I. The van der Waals surface area contributed by atoms with Gasteiger partial charge in [-0.15, -0.1) is 34.2 Å². The van der Waals surface area contributed by atoms with Gasteiger partial charge >= 0.3 is 0 Å². The Bertz CT molecular complexity index is 817. The zero-order valence-corrected chi connectivity index (χ0v) is 20.3. The normalized spacial score (nSPS) is 12.7. The van der Waals surface area contributed by atoms with E-state index in [1.807, 2.05) is 50.6 Å². The Morgan fingerprint density at radius 1 is 1.24 bits per heavy atom. The number of aryl methyl sites for hydroxylation is 1. The van der Waals surface area contributed by atoms with Crippen molar-refractivity contribution in [2.45, 2.75) is 40.3 Å². The minimum Gasteiger partial charge on any atom is -0.359 e. The number of aliphatic imine (C=N–C) groups is 1. The van der Waals surface area contributed by atoms with Gasteiger partial charge < -0.3 is 20.5 Å². The molecular weight excluding hydrogens is 481 g/mol. The van der Waals surface area contributed by atoms with E-state index >= 15 is 0 Å². The van der Waals surface area contributed by atoms with Crippen LogP contribution in [0.1, 0.15) is 44.0 Å². The predicted octanol–water partition coefficient (Wildman–Crippen LogP) is 2.31. The largest absolute Gasteiger partial charge is 0.359 e. The van der Waals surface area contributed by atoms with Gasteiger partial charge in [-0.3, -0.25) is 4.79 Å². The van der Waals surface area contributed by atoms with Crippen LogP contribution in [0, 0.1) is 12.3 Å². The van der Waals surface area contributed by atoms with Crippen LogP contribution in [0.5, 0.6) is 0 Å². The second-order valence-corrected chi connectivity index (χ2v) is 7.48. The van der Waals surface area contributed by atoms with Crippen LogP contribution in [0.2, 0.25) is 0 Å². The van der Waals surface area contributed by atoms with Crippen LogP contribution in [0.25, 0.3) is 0 Å². The van der Waals surface area contributed by atoms with Gasteiger partial charge in [-0.25, -0.2) is 4.99 Å². The molecule has 3 N–H and O–H groups in total. The number of nitrogens with zero attached hydrogens (tertiary/aromatic N) is 4. The van der Waals surface area contributed by atoms with Crippen LogP contribution < -0.4 is 16.0 Å². The van der Waals surface area contributed by atoms with Crippen LogP contribution in [-0.4, -0.2) is 40.2 Å². The van der Waals surface area contributed by atoms with Crippen LogP contribution in [0.3, 0.4) is 0 Å². The highest BCUT2D eigenvalue weighted by Gasteiger charge is 2.27. The second-order valence-electron chi connectivity index (χ2n) is 7.48. The second kappa shape index (κ2) is 11.1. The molecule has 0 bridgehead atoms. The van der Waals surface area contributed by atoms with Crippen molar-refractivity contribution in [1.29, 1.82) is 0 Å². The Morgan fingerprint density at radius 3 is 2.45 bits per heavy atom. The third-order valence-electron chi connectivity index (χ3n) is 4.75. The fourth-order valence-electron chi connectivity index (χ4n) is 2.64. The zero-order valence-electron chi connectivity index (χ0n) is 18.0. The molecule has 0 fully saturated rings. The molecule has 0 saturated carbocycles. The number of amides is 1. The molecule has 0 aliphatic rings. The average Bonchev–Trinajstić information content (AvgIpc) is 3.01. The van der Waals surface area contributed by atoms with E-state index in [2.05, 4.69) is 50.2 Å². The number of guanidine groups is 1. The molecule has 2 rings (SSSR count). The van der Waals surface area contributed by atoms with Crippen molar-refractivity contribution >= 4 is 35.8 Å². The molecule has 0 aliphatic carbocycles. The molecule has 0 radical (unpaired) electrons. The minimum absolute atomic E-state index is 0. The van der Waals surface area contributed by atoms with E-state index in [9.17, 15) is 4.79 Å². The molecule has 9 heteroatoms. The van der Waals surface area contributed by atoms with Crippen molar-refractivity contribution in [1.82, 2.24) is 30.7 Å². The first kappa shape index (κ1) is 24.9. The molecule has 0 spiro atoms. The Balaban J connectivity index is 0.00000420. The van der Waals surface area contributed by atoms with E-state index in [1.165, 1.54) is 0 Å². The van der Waals surface area contributed by atoms with Gasteiger partial charge in [0.25, 0.3) is 0 Å². The van der Waals surface area contributed by atoms with Gasteiger partial charge in [0.2, 0.25) is 5.91 Å². The highest BCUT2D eigenvalue weighted by molar-refractivity contribution is 14.0. The Hall–Kier alpha value is -2.17. The average molecular weight is 513 g/mol. The van der Waals surface area contributed by atoms with Gasteiger partial charge in [-0.05, 0) is 33.3 Å². The van der Waals surface area contributed by atoms with Crippen LogP contribution in [0.15, 0.2) is 35.3 Å². The summed E-state index contributed by atoms with van der Waals surface area (Å²) in [4.78, 5) is 16.7. The summed E-state index contributed by atoms with van der Waals surface area (Å²) in [7, 11) is 3.56. The molecule has 29 heavy (non-hydrogen) atoms. The summed E-state index contributed by atoms with van der Waals surface area (Å²) in [5, 5.41) is 17.6. The Kier molecular flexibility index (Phi) is 9.54. The van der Waals surface area contributed by atoms with Gasteiger partial charge in [-0.1, -0.05) is 30.3 Å². The summed E-state index contributed by atoms with van der Waals surface area (Å²) < 4.78 is 1.91. The molecule has 2 aromatic rings. The monoisotopic (exact) mass is 513 g/mol. The van der Waals surface area contributed by atoms with Crippen molar-refractivity contribution in [3.63, 3.8) is 0 Å². The number of halogens is 1. The van der Waals surface area contributed by atoms with Crippen molar-refractivity contribution in [3.8, 4) is 0 Å². The van der Waals surface area contributed by atoms with E-state index in [-0.39, 0.29) is 35.9 Å². The first-order chi connectivity index (χ1) is 13.2. The van der Waals surface area contributed by atoms with Crippen LogP contribution in [0.4, 0.5) is 0 Å². The summed E-state index contributed by atoms with van der Waals surface area (Å²) in [6.45, 7) is 8.59. The third kappa shape index (κ3) is 6.98. The molecule has 8 nitrogen and oxygen atoms in total. The maximum absolute atomic E-state index is 12.1. The zero-order chi connectivity index (χ0) is 20.7. The number of rotatable bonds is 7. The number of aromatic nitrogens is 3. The highest BCUT2D eigenvalue weighted by Crippen LogP contribution is 2.14. The van der Waals surface area contributed by atoms with Gasteiger partial charge in [0, 0.05) is 20.6 Å².